The maximum absolute atomic E-state index is 10.5. The first-order chi connectivity index (χ1) is 5.68. The van der Waals surface area contributed by atoms with Gasteiger partial charge < -0.3 is 10.2 Å². The van der Waals surface area contributed by atoms with E-state index < -0.39 is 28.6 Å². The first-order valence-corrected chi connectivity index (χ1v) is 4.17. The number of rotatable bonds is 3. The molecule has 2 atom stereocenters. The van der Waals surface area contributed by atoms with Crippen LogP contribution in [0, 0.1) is 21.4 Å². The predicted molar refractivity (Wildman–Crippen MR) is 47.6 cm³/mol. The van der Waals surface area contributed by atoms with Crippen molar-refractivity contribution >= 4 is 0 Å². The number of hydrogen-bond donors (Lipinski definition) is 2. The van der Waals surface area contributed by atoms with E-state index in [4.69, 9.17) is 10.2 Å². The van der Waals surface area contributed by atoms with E-state index in [0.717, 1.165) is 0 Å². The SMILES string of the molecule is CC(C(C(O)O)C(C)(C)C)[N+](=O)[O-]. The summed E-state index contributed by atoms with van der Waals surface area (Å²) in [4.78, 5) is 9.98. The van der Waals surface area contributed by atoms with Crippen LogP contribution in [0.4, 0.5) is 0 Å². The maximum Gasteiger partial charge on any atom is 0.218 e. The van der Waals surface area contributed by atoms with Crippen LogP contribution < -0.4 is 0 Å². The van der Waals surface area contributed by atoms with Crippen molar-refractivity contribution in [2.24, 2.45) is 11.3 Å². The van der Waals surface area contributed by atoms with Crippen molar-refractivity contribution in [3.63, 3.8) is 0 Å². The van der Waals surface area contributed by atoms with E-state index in [2.05, 4.69) is 0 Å². The number of nitrogens with zero attached hydrogens (tertiary/aromatic N) is 1. The molecule has 0 saturated carbocycles. The van der Waals surface area contributed by atoms with Gasteiger partial charge in [0.05, 0.1) is 5.92 Å². The number of nitro groups is 1. The van der Waals surface area contributed by atoms with Crippen LogP contribution in [0.5, 0.6) is 0 Å². The molecule has 0 heterocycles. The smallest absolute Gasteiger partial charge is 0.218 e. The molecule has 0 saturated heterocycles. The van der Waals surface area contributed by atoms with Gasteiger partial charge in [-0.05, 0) is 5.41 Å². The molecular formula is C8H17NO4. The summed E-state index contributed by atoms with van der Waals surface area (Å²) in [6, 6.07) is -0.958. The summed E-state index contributed by atoms with van der Waals surface area (Å²) < 4.78 is 0. The van der Waals surface area contributed by atoms with Crippen LogP contribution in [0.3, 0.4) is 0 Å². The van der Waals surface area contributed by atoms with Crippen molar-refractivity contribution < 1.29 is 15.1 Å². The molecule has 0 radical (unpaired) electrons. The van der Waals surface area contributed by atoms with Crippen molar-refractivity contribution in [1.82, 2.24) is 0 Å². The molecule has 0 aliphatic carbocycles. The molecule has 0 aromatic rings. The molecule has 0 aromatic carbocycles. The van der Waals surface area contributed by atoms with Crippen LogP contribution in [0.1, 0.15) is 27.7 Å². The highest BCUT2D eigenvalue weighted by molar-refractivity contribution is 4.79. The van der Waals surface area contributed by atoms with E-state index in [9.17, 15) is 10.1 Å². The lowest BCUT2D eigenvalue weighted by molar-refractivity contribution is -0.537. The number of aliphatic hydroxyl groups excluding tert-OH is 1. The average molecular weight is 191 g/mol. The fourth-order valence-electron chi connectivity index (χ4n) is 1.55. The molecule has 0 rings (SSSR count). The van der Waals surface area contributed by atoms with Gasteiger partial charge >= 0.3 is 0 Å². The van der Waals surface area contributed by atoms with E-state index in [1.54, 1.807) is 20.8 Å². The Kier molecular flexibility index (Phi) is 3.81. The molecule has 0 bridgehead atoms. The average Bonchev–Trinajstić information content (AvgIpc) is 1.82. The Labute approximate surface area is 77.5 Å². The van der Waals surface area contributed by atoms with Crippen molar-refractivity contribution in [3.05, 3.63) is 10.1 Å². The van der Waals surface area contributed by atoms with E-state index in [0.29, 0.717) is 0 Å². The monoisotopic (exact) mass is 191 g/mol. The van der Waals surface area contributed by atoms with Crippen LogP contribution in [0.15, 0.2) is 0 Å². The van der Waals surface area contributed by atoms with Gasteiger partial charge in [-0.15, -0.1) is 0 Å². The highest BCUT2D eigenvalue weighted by Gasteiger charge is 2.41. The zero-order valence-corrected chi connectivity index (χ0v) is 8.39. The molecule has 13 heavy (non-hydrogen) atoms. The topological polar surface area (TPSA) is 83.6 Å². The summed E-state index contributed by atoms with van der Waals surface area (Å²) >= 11 is 0. The normalized spacial score (nSPS) is 17.2. The lowest BCUT2D eigenvalue weighted by Crippen LogP contribution is -2.43. The van der Waals surface area contributed by atoms with Gasteiger partial charge in [0.15, 0.2) is 6.29 Å². The molecule has 0 aromatic heterocycles. The first kappa shape index (κ1) is 12.3. The highest BCUT2D eigenvalue weighted by Crippen LogP contribution is 2.31. The maximum atomic E-state index is 10.5. The molecule has 5 nitrogen and oxygen atoms in total. The Hall–Kier alpha value is -0.680. The van der Waals surface area contributed by atoms with E-state index in [1.165, 1.54) is 6.92 Å². The predicted octanol–water partition coefficient (Wildman–Crippen LogP) is 0.625. The number of aliphatic hydroxyl groups is 2. The van der Waals surface area contributed by atoms with Crippen LogP contribution in [0.2, 0.25) is 0 Å². The minimum Gasteiger partial charge on any atom is -0.368 e. The van der Waals surface area contributed by atoms with Gasteiger partial charge in [-0.3, -0.25) is 10.1 Å². The summed E-state index contributed by atoms with van der Waals surface area (Å²) in [7, 11) is 0. The lowest BCUT2D eigenvalue weighted by atomic mass is 9.76. The minimum absolute atomic E-state index is 0.491. The Balaban J connectivity index is 4.72. The fourth-order valence-corrected chi connectivity index (χ4v) is 1.55. The van der Waals surface area contributed by atoms with Gasteiger partial charge in [0.25, 0.3) is 0 Å². The highest BCUT2D eigenvalue weighted by atomic mass is 16.6. The molecule has 78 valence electrons. The molecule has 5 heteroatoms. The second-order valence-corrected chi connectivity index (χ2v) is 4.33. The molecule has 0 amide bonds. The summed E-state index contributed by atoms with van der Waals surface area (Å²) in [5.74, 6) is -0.762. The summed E-state index contributed by atoms with van der Waals surface area (Å²) in [5.41, 5.74) is -0.499. The number of hydrogen-bond acceptors (Lipinski definition) is 4. The molecule has 2 unspecified atom stereocenters. The van der Waals surface area contributed by atoms with Crippen molar-refractivity contribution in [2.45, 2.75) is 40.0 Å². The van der Waals surface area contributed by atoms with Crippen LogP contribution in [-0.2, 0) is 0 Å². The van der Waals surface area contributed by atoms with Crippen molar-refractivity contribution in [3.8, 4) is 0 Å². The lowest BCUT2D eigenvalue weighted by Gasteiger charge is -2.32. The van der Waals surface area contributed by atoms with Crippen LogP contribution in [-0.4, -0.2) is 27.5 Å². The first-order valence-electron chi connectivity index (χ1n) is 4.17. The quantitative estimate of drug-likeness (QED) is 0.389. The van der Waals surface area contributed by atoms with Crippen molar-refractivity contribution in [1.29, 1.82) is 0 Å². The zero-order chi connectivity index (χ0) is 10.8. The van der Waals surface area contributed by atoms with Gasteiger partial charge in [0.2, 0.25) is 6.04 Å². The molecular weight excluding hydrogens is 174 g/mol. The van der Waals surface area contributed by atoms with Gasteiger partial charge in [0, 0.05) is 11.8 Å². The Morgan fingerprint density at radius 1 is 1.31 bits per heavy atom. The van der Waals surface area contributed by atoms with Crippen LogP contribution >= 0.6 is 0 Å². The van der Waals surface area contributed by atoms with E-state index >= 15 is 0 Å². The molecule has 0 fully saturated rings. The standard InChI is InChI=1S/C8H17NO4/c1-5(9(12)13)6(7(10)11)8(2,3)4/h5-7,10-11H,1-4H3. The van der Waals surface area contributed by atoms with Crippen LogP contribution in [0.25, 0.3) is 0 Å². The largest absolute Gasteiger partial charge is 0.368 e. The third-order valence-electron chi connectivity index (χ3n) is 2.17. The Morgan fingerprint density at radius 2 is 1.69 bits per heavy atom. The summed E-state index contributed by atoms with van der Waals surface area (Å²) in [5, 5.41) is 28.5. The van der Waals surface area contributed by atoms with Gasteiger partial charge in [-0.25, -0.2) is 0 Å². The third kappa shape index (κ3) is 3.28. The van der Waals surface area contributed by atoms with Gasteiger partial charge in [-0.2, -0.15) is 0 Å². The molecule has 2 N–H and O–H groups in total. The van der Waals surface area contributed by atoms with Crippen molar-refractivity contribution in [2.75, 3.05) is 0 Å². The fraction of sp³-hybridized carbons (Fsp3) is 1.00. The minimum atomic E-state index is -1.65. The molecule has 0 aliphatic rings. The van der Waals surface area contributed by atoms with Gasteiger partial charge in [0.1, 0.15) is 0 Å². The van der Waals surface area contributed by atoms with Gasteiger partial charge in [-0.1, -0.05) is 20.8 Å². The van der Waals surface area contributed by atoms with E-state index in [-0.39, 0.29) is 0 Å². The van der Waals surface area contributed by atoms with E-state index in [1.807, 2.05) is 0 Å². The molecule has 0 aliphatic heterocycles. The Morgan fingerprint density at radius 3 is 1.77 bits per heavy atom. The second kappa shape index (κ2) is 4.02. The third-order valence-corrected chi connectivity index (χ3v) is 2.17. The molecule has 0 spiro atoms. The zero-order valence-electron chi connectivity index (χ0n) is 8.39. The summed E-state index contributed by atoms with van der Waals surface area (Å²) in [6.07, 6.45) is -1.65. The Bertz CT molecular complexity index is 185. The second-order valence-electron chi connectivity index (χ2n) is 4.33. The summed E-state index contributed by atoms with van der Waals surface area (Å²) in [6.45, 7) is 6.63.